The highest BCUT2D eigenvalue weighted by Gasteiger charge is 2.29. The molecule has 152 valence electrons. The number of fused-ring (bicyclic) bond motifs is 1. The van der Waals surface area contributed by atoms with Crippen LogP contribution in [0.5, 0.6) is 5.75 Å². The number of hydrogen-bond acceptors (Lipinski definition) is 4. The lowest BCUT2D eigenvalue weighted by atomic mass is 9.97. The van der Waals surface area contributed by atoms with Crippen molar-refractivity contribution in [1.82, 2.24) is 4.90 Å². The molecule has 0 saturated carbocycles. The average molecular weight is 393 g/mol. The van der Waals surface area contributed by atoms with Gasteiger partial charge in [-0.25, -0.2) is 0 Å². The minimum Gasteiger partial charge on any atom is -0.484 e. The van der Waals surface area contributed by atoms with E-state index in [1.807, 2.05) is 61.5 Å². The molecule has 1 atom stereocenters. The number of nitrogens with zero attached hydrogens (tertiary/aromatic N) is 3. The van der Waals surface area contributed by atoms with Gasteiger partial charge < -0.3 is 19.4 Å². The van der Waals surface area contributed by atoms with Gasteiger partial charge in [0.05, 0.1) is 0 Å². The quantitative estimate of drug-likeness (QED) is 0.784. The summed E-state index contributed by atoms with van der Waals surface area (Å²) in [6.45, 7) is 1.40. The van der Waals surface area contributed by atoms with E-state index in [0.29, 0.717) is 18.7 Å². The van der Waals surface area contributed by atoms with Crippen LogP contribution < -0.4 is 14.5 Å². The summed E-state index contributed by atoms with van der Waals surface area (Å²) in [5.41, 5.74) is 3.04. The fourth-order valence-corrected chi connectivity index (χ4v) is 4.02. The number of carbonyl (C=O) groups excluding carboxylic acids is 2. The minimum absolute atomic E-state index is 0.0174. The van der Waals surface area contributed by atoms with Crippen LogP contribution in [0.25, 0.3) is 0 Å². The zero-order chi connectivity index (χ0) is 20.4. The van der Waals surface area contributed by atoms with Gasteiger partial charge in [-0.3, -0.25) is 9.59 Å². The third kappa shape index (κ3) is 4.12. The van der Waals surface area contributed by atoms with E-state index in [0.717, 1.165) is 30.8 Å². The molecule has 6 heteroatoms. The first-order valence-electron chi connectivity index (χ1n) is 10.1. The number of carbonyl (C=O) groups is 2. The average Bonchev–Trinajstić information content (AvgIpc) is 3.17. The maximum atomic E-state index is 13.0. The van der Waals surface area contributed by atoms with Gasteiger partial charge in [0.25, 0.3) is 5.91 Å². The van der Waals surface area contributed by atoms with E-state index in [4.69, 9.17) is 4.74 Å². The van der Waals surface area contributed by atoms with E-state index in [1.54, 1.807) is 4.90 Å². The summed E-state index contributed by atoms with van der Waals surface area (Å²) in [5.74, 6) is 0.735. The van der Waals surface area contributed by atoms with Crippen LogP contribution in [0, 0.1) is 0 Å². The Labute approximate surface area is 171 Å². The Balaban J connectivity index is 1.42. The van der Waals surface area contributed by atoms with Crippen molar-refractivity contribution in [1.29, 1.82) is 0 Å². The van der Waals surface area contributed by atoms with Crippen molar-refractivity contribution in [2.75, 3.05) is 43.6 Å². The van der Waals surface area contributed by atoms with Crippen LogP contribution in [-0.2, 0) is 16.0 Å². The van der Waals surface area contributed by atoms with Crippen molar-refractivity contribution in [3.05, 3.63) is 54.1 Å². The van der Waals surface area contributed by atoms with Crippen LogP contribution in [-0.4, -0.2) is 56.5 Å². The Morgan fingerprint density at radius 2 is 1.90 bits per heavy atom. The molecule has 0 bridgehead atoms. The van der Waals surface area contributed by atoms with Crippen molar-refractivity contribution in [3.8, 4) is 5.75 Å². The second-order valence-corrected chi connectivity index (χ2v) is 7.89. The number of amides is 2. The van der Waals surface area contributed by atoms with E-state index < -0.39 is 0 Å². The number of likely N-dealkylation sites (N-methyl/N-ethyl adjacent to an activating group) is 1. The molecule has 2 aliphatic rings. The number of para-hydroxylation sites is 1. The second-order valence-electron chi connectivity index (χ2n) is 7.89. The number of rotatable bonds is 5. The van der Waals surface area contributed by atoms with Crippen LogP contribution in [0.2, 0.25) is 0 Å². The summed E-state index contributed by atoms with van der Waals surface area (Å²) in [5, 5.41) is 0. The number of anilines is 2. The van der Waals surface area contributed by atoms with Gasteiger partial charge in [-0.15, -0.1) is 0 Å². The lowest BCUT2D eigenvalue weighted by Gasteiger charge is -2.37. The summed E-state index contributed by atoms with van der Waals surface area (Å²) >= 11 is 0. The van der Waals surface area contributed by atoms with Gasteiger partial charge in [0.2, 0.25) is 5.91 Å². The highest BCUT2D eigenvalue weighted by atomic mass is 16.5. The Bertz CT molecular complexity index is 894. The summed E-state index contributed by atoms with van der Waals surface area (Å²) in [6, 6.07) is 15.7. The normalized spacial score (nSPS) is 18.9. The zero-order valence-corrected chi connectivity index (χ0v) is 17.0. The topological polar surface area (TPSA) is 53.1 Å². The maximum absolute atomic E-state index is 13.0. The number of benzene rings is 2. The van der Waals surface area contributed by atoms with Crippen molar-refractivity contribution in [2.45, 2.75) is 25.3 Å². The van der Waals surface area contributed by atoms with Crippen LogP contribution in [0.1, 0.15) is 18.4 Å². The van der Waals surface area contributed by atoms with Gasteiger partial charge >= 0.3 is 0 Å². The molecule has 6 nitrogen and oxygen atoms in total. The van der Waals surface area contributed by atoms with E-state index in [1.165, 1.54) is 5.56 Å². The molecule has 0 aliphatic carbocycles. The van der Waals surface area contributed by atoms with E-state index in [2.05, 4.69) is 11.0 Å². The fraction of sp³-hybridized carbons (Fsp3) is 0.391. The number of hydrogen-bond donors (Lipinski definition) is 0. The second kappa shape index (κ2) is 8.25. The van der Waals surface area contributed by atoms with Gasteiger partial charge in [0, 0.05) is 36.9 Å². The molecule has 0 N–H and O–H groups in total. The largest absolute Gasteiger partial charge is 0.484 e. The van der Waals surface area contributed by atoms with Gasteiger partial charge in [0.15, 0.2) is 6.61 Å². The fourth-order valence-electron chi connectivity index (χ4n) is 4.02. The third-order valence-electron chi connectivity index (χ3n) is 5.75. The lowest BCUT2D eigenvalue weighted by molar-refractivity contribution is -0.121. The molecule has 4 rings (SSSR count). The third-order valence-corrected chi connectivity index (χ3v) is 5.75. The van der Waals surface area contributed by atoms with Gasteiger partial charge in [-0.05, 0) is 62.8 Å². The van der Waals surface area contributed by atoms with Crippen LogP contribution >= 0.6 is 0 Å². The Morgan fingerprint density at radius 3 is 2.59 bits per heavy atom. The molecule has 29 heavy (non-hydrogen) atoms. The minimum atomic E-state index is -0.0530. The molecule has 1 fully saturated rings. The molecule has 2 heterocycles. The highest BCUT2D eigenvalue weighted by Crippen LogP contribution is 2.29. The molecule has 2 amide bonds. The Hall–Kier alpha value is -2.86. The molecule has 2 aromatic carbocycles. The first-order chi connectivity index (χ1) is 14.0. The molecule has 0 unspecified atom stereocenters. The Morgan fingerprint density at radius 1 is 1.14 bits per heavy atom. The van der Waals surface area contributed by atoms with Crippen LogP contribution in [0.4, 0.5) is 11.4 Å². The monoisotopic (exact) mass is 393 g/mol. The predicted octanol–water partition coefficient (Wildman–Crippen LogP) is 2.71. The Kier molecular flexibility index (Phi) is 5.53. The van der Waals surface area contributed by atoms with Crippen molar-refractivity contribution >= 4 is 23.2 Å². The highest BCUT2D eigenvalue weighted by molar-refractivity contribution is 5.96. The summed E-state index contributed by atoms with van der Waals surface area (Å²) in [6.07, 6.45) is 2.44. The van der Waals surface area contributed by atoms with Gasteiger partial charge in [0.1, 0.15) is 5.75 Å². The van der Waals surface area contributed by atoms with Crippen LogP contribution in [0.3, 0.4) is 0 Å². The number of ether oxygens (including phenoxy) is 1. The standard InChI is InChI=1S/C23H27N3O3/c1-24(2)19-14-17-6-3-4-7-21(17)26(15-19)23(28)16-29-20-11-9-18(10-12-20)25-13-5-8-22(25)27/h3-4,6-7,9-12,19H,5,8,13-16H2,1-2H3/t19-/m0/s1. The summed E-state index contributed by atoms with van der Waals surface area (Å²) < 4.78 is 5.77. The molecular formula is C23H27N3O3. The van der Waals surface area contributed by atoms with E-state index in [-0.39, 0.29) is 24.5 Å². The van der Waals surface area contributed by atoms with E-state index >= 15 is 0 Å². The molecular weight excluding hydrogens is 366 g/mol. The molecule has 2 aromatic rings. The summed E-state index contributed by atoms with van der Waals surface area (Å²) in [7, 11) is 4.09. The summed E-state index contributed by atoms with van der Waals surface area (Å²) in [4.78, 5) is 30.6. The van der Waals surface area contributed by atoms with Crippen molar-refractivity contribution in [2.24, 2.45) is 0 Å². The van der Waals surface area contributed by atoms with Gasteiger partial charge in [-0.1, -0.05) is 18.2 Å². The van der Waals surface area contributed by atoms with Crippen molar-refractivity contribution < 1.29 is 14.3 Å². The molecule has 0 aromatic heterocycles. The SMILES string of the molecule is CN(C)[C@H]1Cc2ccccc2N(C(=O)COc2ccc(N3CCCC3=O)cc2)C1. The predicted molar refractivity (Wildman–Crippen MR) is 113 cm³/mol. The van der Waals surface area contributed by atoms with Crippen LogP contribution in [0.15, 0.2) is 48.5 Å². The molecule has 1 saturated heterocycles. The molecule has 0 radical (unpaired) electrons. The molecule has 0 spiro atoms. The molecule has 2 aliphatic heterocycles. The lowest BCUT2D eigenvalue weighted by Crippen LogP contribution is -2.49. The maximum Gasteiger partial charge on any atom is 0.264 e. The van der Waals surface area contributed by atoms with Crippen molar-refractivity contribution in [3.63, 3.8) is 0 Å². The zero-order valence-electron chi connectivity index (χ0n) is 17.0. The van der Waals surface area contributed by atoms with E-state index in [9.17, 15) is 9.59 Å². The van der Waals surface area contributed by atoms with Gasteiger partial charge in [-0.2, -0.15) is 0 Å². The first-order valence-corrected chi connectivity index (χ1v) is 10.1. The smallest absolute Gasteiger partial charge is 0.264 e. The first kappa shape index (κ1) is 19.5.